The minimum atomic E-state index is -0.437. The van der Waals surface area contributed by atoms with E-state index in [1.54, 1.807) is 7.05 Å². The number of rotatable bonds is 8. The highest BCUT2D eigenvalue weighted by Gasteiger charge is 2.16. The lowest BCUT2D eigenvalue weighted by Gasteiger charge is -2.09. The van der Waals surface area contributed by atoms with E-state index in [1.165, 1.54) is 23.8 Å². The van der Waals surface area contributed by atoms with Crippen LogP contribution in [0.4, 0.5) is 5.95 Å². The van der Waals surface area contributed by atoms with Crippen LogP contribution in [0.1, 0.15) is 46.0 Å². The van der Waals surface area contributed by atoms with Crippen LogP contribution in [0.3, 0.4) is 0 Å². The van der Waals surface area contributed by atoms with Gasteiger partial charge < -0.3 is 9.88 Å². The number of imidazole rings is 1. The third-order valence-electron chi connectivity index (χ3n) is 3.83. The lowest BCUT2D eigenvalue weighted by atomic mass is 10.1. The summed E-state index contributed by atoms with van der Waals surface area (Å²) in [6.07, 6.45) is 5.77. The van der Waals surface area contributed by atoms with Crippen LogP contribution in [0.15, 0.2) is 9.59 Å². The van der Waals surface area contributed by atoms with E-state index in [0.29, 0.717) is 23.7 Å². The molecule has 0 bridgehead atoms. The first-order valence-electron chi connectivity index (χ1n) is 8.03. The van der Waals surface area contributed by atoms with E-state index in [0.717, 1.165) is 19.4 Å². The van der Waals surface area contributed by atoms with Gasteiger partial charge in [-0.3, -0.25) is 14.3 Å². The molecular formula is C15H25N5O2. The van der Waals surface area contributed by atoms with E-state index < -0.39 is 5.69 Å². The van der Waals surface area contributed by atoms with E-state index in [9.17, 15) is 9.59 Å². The molecule has 7 heteroatoms. The molecule has 7 nitrogen and oxygen atoms in total. The molecule has 0 aliphatic carbocycles. The van der Waals surface area contributed by atoms with Gasteiger partial charge in [-0.25, -0.2) is 4.79 Å². The van der Waals surface area contributed by atoms with E-state index >= 15 is 0 Å². The summed E-state index contributed by atoms with van der Waals surface area (Å²) < 4.78 is 3.27. The zero-order valence-electron chi connectivity index (χ0n) is 13.6. The molecule has 0 atom stereocenters. The molecule has 0 spiro atoms. The molecule has 2 rings (SSSR count). The van der Waals surface area contributed by atoms with Gasteiger partial charge in [-0.2, -0.15) is 4.98 Å². The predicted octanol–water partition coefficient (Wildman–Crippen LogP) is 1.83. The predicted molar refractivity (Wildman–Crippen MR) is 88.5 cm³/mol. The Morgan fingerprint density at radius 2 is 1.86 bits per heavy atom. The lowest BCUT2D eigenvalue weighted by molar-refractivity contribution is 0.577. The van der Waals surface area contributed by atoms with Gasteiger partial charge in [0.15, 0.2) is 11.2 Å². The first-order chi connectivity index (χ1) is 10.6. The smallest absolute Gasteiger partial charge is 0.329 e. The van der Waals surface area contributed by atoms with Gasteiger partial charge in [-0.1, -0.05) is 32.6 Å². The summed E-state index contributed by atoms with van der Waals surface area (Å²) >= 11 is 0. The molecular weight excluding hydrogens is 282 g/mol. The van der Waals surface area contributed by atoms with Crippen molar-refractivity contribution < 1.29 is 0 Å². The molecule has 0 aliphatic rings. The zero-order chi connectivity index (χ0) is 16.1. The van der Waals surface area contributed by atoms with Gasteiger partial charge in [0.05, 0.1) is 0 Å². The molecule has 2 aromatic heterocycles. The molecule has 122 valence electrons. The van der Waals surface area contributed by atoms with Crippen LogP contribution in [0.2, 0.25) is 0 Å². The third-order valence-corrected chi connectivity index (χ3v) is 3.83. The van der Waals surface area contributed by atoms with Crippen molar-refractivity contribution in [2.75, 3.05) is 11.9 Å². The van der Waals surface area contributed by atoms with Gasteiger partial charge in [0, 0.05) is 20.1 Å². The molecule has 0 amide bonds. The molecule has 0 fully saturated rings. The van der Waals surface area contributed by atoms with Gasteiger partial charge in [0.1, 0.15) is 0 Å². The standard InChI is InChI=1S/C15H25N5O2/c1-4-6-7-8-9-10-20-11-12(17-14(20)16-5-2)19(3)15(22)18-13(11)21/h4-10H2,1-3H3,(H,16,17)(H,18,21,22). The van der Waals surface area contributed by atoms with Crippen LogP contribution in [0.5, 0.6) is 0 Å². The molecule has 22 heavy (non-hydrogen) atoms. The van der Waals surface area contributed by atoms with Crippen molar-refractivity contribution >= 4 is 17.1 Å². The Kier molecular flexibility index (Phi) is 5.41. The maximum Gasteiger partial charge on any atom is 0.329 e. The fourth-order valence-corrected chi connectivity index (χ4v) is 2.62. The molecule has 0 saturated carbocycles. The number of aromatic amines is 1. The minimum Gasteiger partial charge on any atom is -0.356 e. The number of H-pyrrole nitrogens is 1. The van der Waals surface area contributed by atoms with Gasteiger partial charge in [0.2, 0.25) is 5.95 Å². The molecule has 0 aromatic carbocycles. The first-order valence-corrected chi connectivity index (χ1v) is 8.03. The molecule has 0 saturated heterocycles. The number of nitrogens with one attached hydrogen (secondary N) is 2. The zero-order valence-corrected chi connectivity index (χ0v) is 13.6. The number of aryl methyl sites for hydroxylation is 2. The van der Waals surface area contributed by atoms with Crippen molar-refractivity contribution in [2.45, 2.75) is 52.5 Å². The monoisotopic (exact) mass is 307 g/mol. The topological polar surface area (TPSA) is 84.7 Å². The normalized spacial score (nSPS) is 11.2. The number of aromatic nitrogens is 4. The van der Waals surface area contributed by atoms with Crippen molar-refractivity contribution in [3.05, 3.63) is 20.8 Å². The largest absolute Gasteiger partial charge is 0.356 e. The molecule has 2 heterocycles. The van der Waals surface area contributed by atoms with Crippen LogP contribution in [-0.4, -0.2) is 25.6 Å². The maximum absolute atomic E-state index is 12.2. The Morgan fingerprint density at radius 3 is 2.55 bits per heavy atom. The summed E-state index contributed by atoms with van der Waals surface area (Å²) in [5.74, 6) is 0.652. The van der Waals surface area contributed by atoms with Crippen LogP contribution in [0, 0.1) is 0 Å². The number of fused-ring (bicyclic) bond motifs is 1. The summed E-state index contributed by atoms with van der Waals surface area (Å²) in [5, 5.41) is 3.18. The van der Waals surface area contributed by atoms with Crippen LogP contribution < -0.4 is 16.6 Å². The van der Waals surface area contributed by atoms with Crippen molar-refractivity contribution in [1.29, 1.82) is 0 Å². The van der Waals surface area contributed by atoms with Gasteiger partial charge in [-0.15, -0.1) is 0 Å². The Morgan fingerprint density at radius 1 is 1.14 bits per heavy atom. The van der Waals surface area contributed by atoms with Gasteiger partial charge in [0.25, 0.3) is 5.56 Å². The van der Waals surface area contributed by atoms with Crippen molar-refractivity contribution in [2.24, 2.45) is 7.05 Å². The summed E-state index contributed by atoms with van der Waals surface area (Å²) in [5.41, 5.74) is 0.0863. The Balaban J connectivity index is 2.37. The highest BCUT2D eigenvalue weighted by Crippen LogP contribution is 2.16. The second-order valence-electron chi connectivity index (χ2n) is 5.52. The minimum absolute atomic E-state index is 0.372. The highest BCUT2D eigenvalue weighted by atomic mass is 16.2. The molecule has 0 unspecified atom stereocenters. The summed E-state index contributed by atoms with van der Waals surface area (Å²) in [6.45, 7) is 5.61. The lowest BCUT2D eigenvalue weighted by Crippen LogP contribution is -2.29. The van der Waals surface area contributed by atoms with Crippen LogP contribution in [-0.2, 0) is 13.6 Å². The summed E-state index contributed by atoms with van der Waals surface area (Å²) in [7, 11) is 1.62. The Bertz CT molecular complexity index is 741. The third kappa shape index (κ3) is 3.23. The quantitative estimate of drug-likeness (QED) is 0.729. The van der Waals surface area contributed by atoms with E-state index in [4.69, 9.17) is 0 Å². The molecule has 0 radical (unpaired) electrons. The molecule has 2 aromatic rings. The molecule has 2 N–H and O–H groups in total. The number of nitrogens with zero attached hydrogens (tertiary/aromatic N) is 3. The number of unbranched alkanes of at least 4 members (excludes halogenated alkanes) is 4. The second kappa shape index (κ2) is 7.29. The Hall–Kier alpha value is -2.05. The number of anilines is 1. The SMILES string of the molecule is CCCCCCCn1c(NCC)nc2c1c(=O)[nH]c(=O)n2C. The maximum atomic E-state index is 12.2. The van der Waals surface area contributed by atoms with Gasteiger partial charge in [-0.05, 0) is 13.3 Å². The van der Waals surface area contributed by atoms with E-state index in [2.05, 4.69) is 22.2 Å². The number of hydrogen-bond acceptors (Lipinski definition) is 4. The van der Waals surface area contributed by atoms with Crippen molar-refractivity contribution in [1.82, 2.24) is 19.1 Å². The van der Waals surface area contributed by atoms with Crippen molar-refractivity contribution in [3.8, 4) is 0 Å². The van der Waals surface area contributed by atoms with Crippen molar-refractivity contribution in [3.63, 3.8) is 0 Å². The van der Waals surface area contributed by atoms with Crippen LogP contribution in [0.25, 0.3) is 11.2 Å². The highest BCUT2D eigenvalue weighted by molar-refractivity contribution is 5.74. The summed E-state index contributed by atoms with van der Waals surface area (Å²) in [6, 6.07) is 0. The average Bonchev–Trinajstić information content (AvgIpc) is 2.84. The number of hydrogen-bond donors (Lipinski definition) is 2. The van der Waals surface area contributed by atoms with Gasteiger partial charge >= 0.3 is 5.69 Å². The summed E-state index contributed by atoms with van der Waals surface area (Å²) in [4.78, 5) is 30.7. The fraction of sp³-hybridized carbons (Fsp3) is 0.667. The average molecular weight is 307 g/mol. The Labute approximate surface area is 129 Å². The molecule has 0 aliphatic heterocycles. The fourth-order valence-electron chi connectivity index (χ4n) is 2.62. The first kappa shape index (κ1) is 16.3. The second-order valence-corrected chi connectivity index (χ2v) is 5.52. The van der Waals surface area contributed by atoms with Crippen LogP contribution >= 0.6 is 0 Å². The van der Waals surface area contributed by atoms with E-state index in [1.807, 2.05) is 11.5 Å². The van der Waals surface area contributed by atoms with E-state index in [-0.39, 0.29) is 5.56 Å².